The average Bonchev–Trinajstić information content (AvgIpc) is 2.84. The number of aliphatic hydroxyl groups is 5. The molecular weight excluding hydrogens is 278 g/mol. The van der Waals surface area contributed by atoms with Gasteiger partial charge in [0.05, 0.1) is 18.1 Å². The normalized spacial score (nSPS) is 29.7. The molecule has 0 spiro atoms. The van der Waals surface area contributed by atoms with Crippen molar-refractivity contribution in [1.82, 2.24) is 5.32 Å². The van der Waals surface area contributed by atoms with Crippen LogP contribution in [0.4, 0.5) is 0 Å². The van der Waals surface area contributed by atoms with Crippen molar-refractivity contribution in [2.75, 3.05) is 12.4 Å². The molecule has 19 heavy (non-hydrogen) atoms. The van der Waals surface area contributed by atoms with E-state index in [1.54, 1.807) is 0 Å². The standard InChI is InChI=1S/C10H19NO7S/c12-2-6(14)9(16)8(15)5(13)1-7-11-4(3-19-7)10(17)18/h4-9,11-16H,1-3H2,(H,17,18)/t4-,5-,6+,7?,8+,9+/m0/s1. The number of carboxylic acids is 1. The summed E-state index contributed by atoms with van der Waals surface area (Å²) in [6.45, 7) is -0.734. The van der Waals surface area contributed by atoms with E-state index in [-0.39, 0.29) is 11.8 Å². The lowest BCUT2D eigenvalue weighted by atomic mass is 10.0. The van der Waals surface area contributed by atoms with Gasteiger partial charge in [-0.2, -0.15) is 0 Å². The minimum absolute atomic E-state index is 0.0187. The van der Waals surface area contributed by atoms with Crippen molar-refractivity contribution in [3.8, 4) is 0 Å². The smallest absolute Gasteiger partial charge is 0.321 e. The van der Waals surface area contributed by atoms with E-state index < -0.39 is 43.0 Å². The minimum Gasteiger partial charge on any atom is -0.480 e. The fourth-order valence-electron chi connectivity index (χ4n) is 1.73. The maximum absolute atomic E-state index is 10.7. The molecule has 1 unspecified atom stereocenters. The summed E-state index contributed by atoms with van der Waals surface area (Å²) in [6.07, 6.45) is -6.14. The summed E-state index contributed by atoms with van der Waals surface area (Å²) in [5.74, 6) is -0.634. The number of thioether (sulfide) groups is 1. The van der Waals surface area contributed by atoms with E-state index >= 15 is 0 Å². The molecule has 0 aromatic carbocycles. The van der Waals surface area contributed by atoms with Gasteiger partial charge >= 0.3 is 5.97 Å². The largest absolute Gasteiger partial charge is 0.480 e. The number of hydrogen-bond acceptors (Lipinski definition) is 8. The van der Waals surface area contributed by atoms with Crippen LogP contribution in [0.2, 0.25) is 0 Å². The van der Waals surface area contributed by atoms with Gasteiger partial charge in [-0.25, -0.2) is 0 Å². The molecule has 1 saturated heterocycles. The van der Waals surface area contributed by atoms with Crippen LogP contribution in [0.25, 0.3) is 0 Å². The second-order valence-corrected chi connectivity index (χ2v) is 5.65. The molecule has 6 atom stereocenters. The number of carboxylic acid groups (broad SMARTS) is 1. The van der Waals surface area contributed by atoms with Crippen molar-refractivity contribution >= 4 is 17.7 Å². The molecule has 8 nitrogen and oxygen atoms in total. The fourth-order valence-corrected chi connectivity index (χ4v) is 2.99. The van der Waals surface area contributed by atoms with Crippen LogP contribution in [-0.4, -0.2) is 84.8 Å². The molecule has 0 bridgehead atoms. The van der Waals surface area contributed by atoms with Crippen molar-refractivity contribution in [1.29, 1.82) is 0 Å². The van der Waals surface area contributed by atoms with Crippen LogP contribution in [-0.2, 0) is 4.79 Å². The summed E-state index contributed by atoms with van der Waals surface area (Å²) >= 11 is 1.29. The van der Waals surface area contributed by atoms with Gasteiger partial charge in [0.2, 0.25) is 0 Å². The maximum atomic E-state index is 10.7. The van der Waals surface area contributed by atoms with E-state index in [2.05, 4.69) is 5.32 Å². The lowest BCUT2D eigenvalue weighted by Crippen LogP contribution is -2.47. The monoisotopic (exact) mass is 297 g/mol. The van der Waals surface area contributed by atoms with Crippen LogP contribution < -0.4 is 5.32 Å². The molecule has 112 valence electrons. The molecule has 1 fully saturated rings. The van der Waals surface area contributed by atoms with Crippen LogP contribution in [0.3, 0.4) is 0 Å². The second-order valence-electron chi connectivity index (χ2n) is 4.41. The molecule has 0 amide bonds. The van der Waals surface area contributed by atoms with Gasteiger partial charge in [-0.05, 0) is 0 Å². The van der Waals surface area contributed by atoms with E-state index in [1.807, 2.05) is 0 Å². The zero-order valence-electron chi connectivity index (χ0n) is 10.1. The van der Waals surface area contributed by atoms with Crippen molar-refractivity contribution in [2.45, 2.75) is 42.3 Å². The molecule has 9 heteroatoms. The van der Waals surface area contributed by atoms with Gasteiger partial charge in [0, 0.05) is 12.2 Å². The summed E-state index contributed by atoms with van der Waals surface area (Å²) in [5.41, 5.74) is 0. The van der Waals surface area contributed by atoms with Crippen molar-refractivity contribution in [2.24, 2.45) is 0 Å². The molecule has 0 aromatic rings. The molecule has 0 aromatic heterocycles. The summed E-state index contributed by atoms with van der Waals surface area (Å²) < 4.78 is 0. The molecule has 7 N–H and O–H groups in total. The zero-order valence-corrected chi connectivity index (χ0v) is 10.9. The SMILES string of the molecule is O=C(O)[C@@H]1CSC(C[C@H](O)[C@@H](O)[C@H](O)[C@H](O)CO)N1. The van der Waals surface area contributed by atoms with Crippen molar-refractivity contribution in [3.63, 3.8) is 0 Å². The van der Waals surface area contributed by atoms with Gasteiger partial charge in [-0.15, -0.1) is 11.8 Å². The van der Waals surface area contributed by atoms with Gasteiger partial charge in [0.25, 0.3) is 0 Å². The molecule has 1 rings (SSSR count). The first kappa shape index (κ1) is 16.6. The fraction of sp³-hybridized carbons (Fsp3) is 0.900. The Morgan fingerprint density at radius 2 is 1.79 bits per heavy atom. The maximum Gasteiger partial charge on any atom is 0.321 e. The topological polar surface area (TPSA) is 150 Å². The Hall–Kier alpha value is -0.420. The Morgan fingerprint density at radius 3 is 2.26 bits per heavy atom. The highest BCUT2D eigenvalue weighted by atomic mass is 32.2. The van der Waals surface area contributed by atoms with Gasteiger partial charge in [-0.3, -0.25) is 10.1 Å². The summed E-state index contributed by atoms with van der Waals surface area (Å²) in [7, 11) is 0. The highest BCUT2D eigenvalue weighted by Gasteiger charge is 2.35. The second kappa shape index (κ2) is 7.39. The van der Waals surface area contributed by atoms with Crippen LogP contribution in [0.15, 0.2) is 0 Å². The van der Waals surface area contributed by atoms with Crippen LogP contribution in [0.1, 0.15) is 6.42 Å². The predicted octanol–water partition coefficient (Wildman–Crippen LogP) is -3.07. The van der Waals surface area contributed by atoms with E-state index in [4.69, 9.17) is 15.3 Å². The number of hydrogen-bond donors (Lipinski definition) is 7. The van der Waals surface area contributed by atoms with Crippen LogP contribution in [0, 0.1) is 0 Å². The average molecular weight is 297 g/mol. The van der Waals surface area contributed by atoms with E-state index in [1.165, 1.54) is 11.8 Å². The number of aliphatic hydroxyl groups excluding tert-OH is 5. The molecule has 1 aliphatic heterocycles. The van der Waals surface area contributed by atoms with Gasteiger partial charge < -0.3 is 30.6 Å². The first-order valence-corrected chi connectivity index (χ1v) is 6.85. The summed E-state index contributed by atoms with van der Waals surface area (Å²) in [5, 5.41) is 57.7. The van der Waals surface area contributed by atoms with Gasteiger partial charge in [-0.1, -0.05) is 0 Å². The van der Waals surface area contributed by atoms with Crippen molar-refractivity contribution in [3.05, 3.63) is 0 Å². The lowest BCUT2D eigenvalue weighted by molar-refractivity contribution is -0.138. The minimum atomic E-state index is -1.67. The van der Waals surface area contributed by atoms with Crippen LogP contribution >= 0.6 is 11.8 Å². The lowest BCUT2D eigenvalue weighted by Gasteiger charge is -2.27. The third-order valence-corrected chi connectivity index (χ3v) is 4.19. The molecular formula is C10H19NO7S. The number of aliphatic carboxylic acids is 1. The highest BCUT2D eigenvalue weighted by molar-refractivity contribution is 8.00. The number of carbonyl (C=O) groups is 1. The molecule has 1 aliphatic rings. The highest BCUT2D eigenvalue weighted by Crippen LogP contribution is 2.24. The number of rotatable bonds is 7. The predicted molar refractivity (Wildman–Crippen MR) is 66.5 cm³/mol. The van der Waals surface area contributed by atoms with Gasteiger partial charge in [0.1, 0.15) is 24.4 Å². The third kappa shape index (κ3) is 4.56. The third-order valence-electron chi connectivity index (χ3n) is 2.93. The first-order valence-electron chi connectivity index (χ1n) is 5.80. The molecule has 1 heterocycles. The summed E-state index contributed by atoms with van der Waals surface area (Å²) in [6, 6.07) is -0.702. The Labute approximate surface area is 114 Å². The first-order chi connectivity index (χ1) is 8.86. The Morgan fingerprint density at radius 1 is 1.21 bits per heavy atom. The Bertz CT molecular complexity index is 306. The molecule has 0 radical (unpaired) electrons. The molecule has 0 saturated carbocycles. The zero-order chi connectivity index (χ0) is 14.6. The quantitative estimate of drug-likeness (QED) is 0.259. The van der Waals surface area contributed by atoms with E-state index in [9.17, 15) is 20.1 Å². The van der Waals surface area contributed by atoms with Crippen molar-refractivity contribution < 1.29 is 35.4 Å². The van der Waals surface area contributed by atoms with E-state index in [0.717, 1.165) is 0 Å². The van der Waals surface area contributed by atoms with Gasteiger partial charge in [0.15, 0.2) is 0 Å². The Balaban J connectivity index is 2.42. The van der Waals surface area contributed by atoms with E-state index in [0.29, 0.717) is 5.75 Å². The van der Waals surface area contributed by atoms with Crippen LogP contribution in [0.5, 0.6) is 0 Å². The number of nitrogens with one attached hydrogen (secondary N) is 1. The molecule has 0 aliphatic carbocycles. The summed E-state index contributed by atoms with van der Waals surface area (Å²) in [4.78, 5) is 10.7. The Kier molecular flexibility index (Phi) is 6.47.